The fourth-order valence-corrected chi connectivity index (χ4v) is 9.55. The first-order valence-corrected chi connectivity index (χ1v) is 15.9. The molecular formula is C33H46N2O6S. The van der Waals surface area contributed by atoms with Crippen LogP contribution in [0.3, 0.4) is 0 Å². The van der Waals surface area contributed by atoms with E-state index in [9.17, 15) is 19.5 Å². The van der Waals surface area contributed by atoms with E-state index >= 15 is 0 Å². The van der Waals surface area contributed by atoms with E-state index < -0.39 is 33.4 Å². The summed E-state index contributed by atoms with van der Waals surface area (Å²) in [7, 11) is 1.59. The smallest absolute Gasteiger partial charge is 0.311 e. The summed E-state index contributed by atoms with van der Waals surface area (Å²) in [6, 6.07) is 5.85. The Morgan fingerprint density at radius 1 is 1.19 bits per heavy atom. The van der Waals surface area contributed by atoms with Crippen molar-refractivity contribution in [3.63, 3.8) is 0 Å². The number of likely N-dealkylation sites (tertiary alicyclic amines) is 1. The number of anilines is 1. The van der Waals surface area contributed by atoms with E-state index in [0.717, 1.165) is 19.3 Å². The number of allylic oxidation sites excluding steroid dienone is 1. The summed E-state index contributed by atoms with van der Waals surface area (Å²) in [5, 5.41) is 10.6. The highest BCUT2D eigenvalue weighted by Crippen LogP contribution is 2.72. The van der Waals surface area contributed by atoms with Gasteiger partial charge in [0.25, 0.3) is 5.91 Å². The minimum Gasteiger partial charge on any atom is -0.497 e. The standard InChI is InChI=1S/C33H46N2O6S/c1-7-9-10-11-19-41-31(39)27-26-29(37)35(24(21-36)20-22(3)4)28(33(26)17-16-32(27,5)42-33)30(38)34(18-8-2)23-12-14-25(40-6)15-13-23/h7-8,12-15,22,24,26-28,36H,1-2,9-11,16-21H2,3-6H3/t24-,26+,27-,28?,32+,33?/m1/s1. The number of carbonyl (C=O) groups excluding carboxylic acids is 3. The number of hydrogen-bond acceptors (Lipinski definition) is 7. The topological polar surface area (TPSA) is 96.4 Å². The van der Waals surface area contributed by atoms with E-state index in [4.69, 9.17) is 9.47 Å². The molecule has 1 aromatic rings. The summed E-state index contributed by atoms with van der Waals surface area (Å²) in [4.78, 5) is 46.2. The van der Waals surface area contributed by atoms with Crippen molar-refractivity contribution in [2.45, 2.75) is 80.9 Å². The van der Waals surface area contributed by atoms with Gasteiger partial charge in [0, 0.05) is 17.0 Å². The quantitative estimate of drug-likeness (QED) is 0.172. The zero-order valence-electron chi connectivity index (χ0n) is 25.4. The summed E-state index contributed by atoms with van der Waals surface area (Å²) >= 11 is 1.61. The Morgan fingerprint density at radius 3 is 2.50 bits per heavy atom. The van der Waals surface area contributed by atoms with E-state index in [1.165, 1.54) is 0 Å². The van der Waals surface area contributed by atoms with Crippen molar-refractivity contribution in [2.24, 2.45) is 17.8 Å². The van der Waals surface area contributed by atoms with Gasteiger partial charge in [0.1, 0.15) is 11.8 Å². The van der Waals surface area contributed by atoms with Crippen molar-refractivity contribution >= 4 is 35.2 Å². The average molecular weight is 599 g/mol. The Morgan fingerprint density at radius 2 is 1.90 bits per heavy atom. The molecule has 6 atom stereocenters. The van der Waals surface area contributed by atoms with Gasteiger partial charge in [-0.3, -0.25) is 14.4 Å². The normalized spacial score (nSPS) is 28.5. The molecule has 9 heteroatoms. The molecule has 3 heterocycles. The molecule has 1 aromatic carbocycles. The van der Waals surface area contributed by atoms with Gasteiger partial charge in [0.05, 0.1) is 42.9 Å². The lowest BCUT2D eigenvalue weighted by atomic mass is 9.66. The minimum absolute atomic E-state index is 0.187. The number of ether oxygens (including phenoxy) is 2. The summed E-state index contributed by atoms with van der Waals surface area (Å²) in [6.07, 6.45) is 7.84. The lowest BCUT2D eigenvalue weighted by molar-refractivity contribution is -0.156. The maximum Gasteiger partial charge on any atom is 0.311 e. The highest BCUT2D eigenvalue weighted by Gasteiger charge is 2.78. The second-order valence-electron chi connectivity index (χ2n) is 12.3. The Labute approximate surface area is 254 Å². The van der Waals surface area contributed by atoms with Gasteiger partial charge < -0.3 is 24.4 Å². The van der Waals surface area contributed by atoms with Crippen LogP contribution in [-0.2, 0) is 19.1 Å². The summed E-state index contributed by atoms with van der Waals surface area (Å²) in [5.74, 6) is -1.32. The molecule has 0 aromatic heterocycles. The molecule has 0 saturated carbocycles. The van der Waals surface area contributed by atoms with Crippen molar-refractivity contribution in [2.75, 3.05) is 31.8 Å². The van der Waals surface area contributed by atoms with Gasteiger partial charge >= 0.3 is 5.97 Å². The maximum absolute atomic E-state index is 14.8. The SMILES string of the molecule is C=CCCCCOC(=O)[C@H]1[C@H]2C(=O)N([C@@H](CO)CC(C)C)C(C(=O)N(CC=C)c3ccc(OC)cc3)C23CC[C@]1(C)S3. The molecule has 1 spiro atoms. The second-order valence-corrected chi connectivity index (χ2v) is 14.2. The number of amides is 2. The monoisotopic (exact) mass is 598 g/mol. The number of aliphatic hydroxyl groups excluding tert-OH is 1. The lowest BCUT2D eigenvalue weighted by Gasteiger charge is -2.40. The largest absolute Gasteiger partial charge is 0.497 e. The van der Waals surface area contributed by atoms with E-state index in [-0.39, 0.29) is 36.9 Å². The molecule has 230 valence electrons. The van der Waals surface area contributed by atoms with Crippen LogP contribution in [0.15, 0.2) is 49.6 Å². The molecule has 4 rings (SSSR count). The van der Waals surface area contributed by atoms with Gasteiger partial charge in [-0.1, -0.05) is 26.0 Å². The van der Waals surface area contributed by atoms with Crippen LogP contribution >= 0.6 is 11.8 Å². The van der Waals surface area contributed by atoms with Gasteiger partial charge in [0.15, 0.2) is 0 Å². The molecular weight excluding hydrogens is 552 g/mol. The third-order valence-electron chi connectivity index (χ3n) is 9.06. The van der Waals surface area contributed by atoms with Crippen LogP contribution in [0.5, 0.6) is 5.75 Å². The third kappa shape index (κ3) is 5.74. The molecule has 8 nitrogen and oxygen atoms in total. The van der Waals surface area contributed by atoms with Crippen LogP contribution in [-0.4, -0.2) is 76.2 Å². The first-order valence-electron chi connectivity index (χ1n) is 15.1. The second kappa shape index (κ2) is 13.2. The Hall–Kier alpha value is -2.78. The van der Waals surface area contributed by atoms with Crippen molar-refractivity contribution in [3.8, 4) is 5.75 Å². The van der Waals surface area contributed by atoms with Crippen LogP contribution in [0.4, 0.5) is 5.69 Å². The maximum atomic E-state index is 14.8. The fraction of sp³-hybridized carbons (Fsp3) is 0.606. The Bertz CT molecular complexity index is 1170. The molecule has 3 aliphatic rings. The predicted octanol–water partition coefficient (Wildman–Crippen LogP) is 5.00. The molecule has 2 bridgehead atoms. The highest BCUT2D eigenvalue weighted by atomic mass is 32.2. The van der Waals surface area contributed by atoms with E-state index in [2.05, 4.69) is 13.2 Å². The zero-order valence-corrected chi connectivity index (χ0v) is 26.2. The van der Waals surface area contributed by atoms with Gasteiger partial charge in [-0.25, -0.2) is 0 Å². The molecule has 2 unspecified atom stereocenters. The first-order chi connectivity index (χ1) is 20.1. The molecule has 0 aliphatic carbocycles. The minimum atomic E-state index is -0.842. The molecule has 3 fully saturated rings. The Kier molecular flexibility index (Phi) is 10.1. The predicted molar refractivity (Wildman–Crippen MR) is 166 cm³/mol. The number of carbonyl (C=O) groups is 3. The van der Waals surface area contributed by atoms with Gasteiger partial charge in [-0.2, -0.15) is 0 Å². The number of unbranched alkanes of at least 4 members (excludes halogenated alkanes) is 2. The van der Waals surface area contributed by atoms with Crippen molar-refractivity contribution in [1.29, 1.82) is 0 Å². The highest BCUT2D eigenvalue weighted by molar-refractivity contribution is 8.02. The molecule has 2 amide bonds. The van der Waals surface area contributed by atoms with E-state index in [1.54, 1.807) is 46.9 Å². The van der Waals surface area contributed by atoms with Crippen LogP contribution < -0.4 is 9.64 Å². The fourth-order valence-electron chi connectivity index (χ4n) is 7.23. The van der Waals surface area contributed by atoms with Crippen LogP contribution in [0.25, 0.3) is 0 Å². The number of fused-ring (bicyclic) bond motifs is 1. The number of methoxy groups -OCH3 is 1. The van der Waals surface area contributed by atoms with E-state index in [1.807, 2.05) is 39.0 Å². The number of benzene rings is 1. The van der Waals surface area contributed by atoms with Gasteiger partial charge in [-0.05, 0) is 75.6 Å². The van der Waals surface area contributed by atoms with Crippen molar-refractivity contribution in [1.82, 2.24) is 4.90 Å². The summed E-state index contributed by atoms with van der Waals surface area (Å²) in [6.45, 7) is 14.0. The van der Waals surface area contributed by atoms with Gasteiger partial charge in [-0.15, -0.1) is 24.9 Å². The number of esters is 1. The molecule has 0 radical (unpaired) electrons. The van der Waals surface area contributed by atoms with Gasteiger partial charge in [0.2, 0.25) is 5.91 Å². The van der Waals surface area contributed by atoms with E-state index in [0.29, 0.717) is 37.3 Å². The molecule has 3 aliphatic heterocycles. The Balaban J connectivity index is 1.75. The van der Waals surface area contributed by atoms with Crippen molar-refractivity contribution in [3.05, 3.63) is 49.6 Å². The van der Waals surface area contributed by atoms with Crippen LogP contribution in [0.1, 0.15) is 59.3 Å². The number of aliphatic hydroxyl groups is 1. The van der Waals surface area contributed by atoms with Crippen molar-refractivity contribution < 1.29 is 29.0 Å². The number of rotatable bonds is 15. The molecule has 1 N–H and O–H groups in total. The van der Waals surface area contributed by atoms with Crippen LogP contribution in [0.2, 0.25) is 0 Å². The first kappa shape index (κ1) is 32.1. The average Bonchev–Trinajstić information content (AvgIpc) is 3.54. The third-order valence-corrected chi connectivity index (χ3v) is 11.0. The summed E-state index contributed by atoms with van der Waals surface area (Å²) in [5.41, 5.74) is 0.664. The van der Waals surface area contributed by atoms with Crippen LogP contribution in [0, 0.1) is 17.8 Å². The number of nitrogens with zero attached hydrogens (tertiary/aromatic N) is 2. The molecule has 3 saturated heterocycles. The molecule has 42 heavy (non-hydrogen) atoms. The lowest BCUT2D eigenvalue weighted by Crippen LogP contribution is -2.57. The summed E-state index contributed by atoms with van der Waals surface area (Å²) < 4.78 is 9.78. The number of thioether (sulfide) groups is 1. The zero-order chi connectivity index (χ0) is 30.7. The number of hydrogen-bond donors (Lipinski definition) is 1.